The molecule has 1 aliphatic rings. The van der Waals surface area contributed by atoms with Crippen LogP contribution in [0.2, 0.25) is 0 Å². The average molecular weight is 301 g/mol. The SMILES string of the molecule is CC(C)N1CCCC(Cc2cn3c(C(=O)O)cccc3n2)C1. The molecule has 5 nitrogen and oxygen atoms in total. The molecule has 0 bridgehead atoms. The van der Waals surface area contributed by atoms with Crippen LogP contribution >= 0.6 is 0 Å². The smallest absolute Gasteiger partial charge is 0.352 e. The van der Waals surface area contributed by atoms with Gasteiger partial charge < -0.3 is 10.0 Å². The third kappa shape index (κ3) is 2.99. The third-order valence-electron chi connectivity index (χ3n) is 4.54. The van der Waals surface area contributed by atoms with Gasteiger partial charge in [-0.25, -0.2) is 9.78 Å². The van der Waals surface area contributed by atoms with Gasteiger partial charge in [0, 0.05) is 18.8 Å². The van der Waals surface area contributed by atoms with Gasteiger partial charge in [0.15, 0.2) is 0 Å². The van der Waals surface area contributed by atoms with Crippen molar-refractivity contribution in [3.63, 3.8) is 0 Å². The van der Waals surface area contributed by atoms with Crippen LogP contribution in [0.3, 0.4) is 0 Å². The van der Waals surface area contributed by atoms with Crippen LogP contribution in [0.4, 0.5) is 0 Å². The normalized spacial score (nSPS) is 19.9. The molecule has 0 amide bonds. The lowest BCUT2D eigenvalue weighted by Crippen LogP contribution is -2.40. The van der Waals surface area contributed by atoms with E-state index in [1.807, 2.05) is 12.3 Å². The molecule has 0 saturated carbocycles. The fourth-order valence-corrected chi connectivity index (χ4v) is 3.36. The van der Waals surface area contributed by atoms with Gasteiger partial charge in [-0.15, -0.1) is 0 Å². The summed E-state index contributed by atoms with van der Waals surface area (Å²) in [5.74, 6) is -0.312. The maximum atomic E-state index is 11.3. The van der Waals surface area contributed by atoms with E-state index >= 15 is 0 Å². The van der Waals surface area contributed by atoms with Crippen LogP contribution < -0.4 is 0 Å². The molecule has 1 unspecified atom stereocenters. The van der Waals surface area contributed by atoms with E-state index in [4.69, 9.17) is 0 Å². The summed E-state index contributed by atoms with van der Waals surface area (Å²) in [5, 5.41) is 9.25. The summed E-state index contributed by atoms with van der Waals surface area (Å²) in [7, 11) is 0. The van der Waals surface area contributed by atoms with Gasteiger partial charge in [0.05, 0.1) is 5.69 Å². The predicted molar refractivity (Wildman–Crippen MR) is 85.3 cm³/mol. The number of carbonyl (C=O) groups is 1. The second-order valence-corrected chi connectivity index (χ2v) is 6.48. The van der Waals surface area contributed by atoms with Crippen molar-refractivity contribution in [1.29, 1.82) is 0 Å². The van der Waals surface area contributed by atoms with Crippen LogP contribution in [-0.4, -0.2) is 44.5 Å². The molecule has 1 aliphatic heterocycles. The molecule has 0 radical (unpaired) electrons. The lowest BCUT2D eigenvalue weighted by molar-refractivity contribution is 0.0689. The van der Waals surface area contributed by atoms with Crippen LogP contribution in [0.5, 0.6) is 0 Å². The summed E-state index contributed by atoms with van der Waals surface area (Å²) in [6, 6.07) is 5.80. The number of aromatic nitrogens is 2. The molecule has 1 N–H and O–H groups in total. The van der Waals surface area contributed by atoms with Gasteiger partial charge in [0.25, 0.3) is 0 Å². The number of fused-ring (bicyclic) bond motifs is 1. The molecular formula is C17H23N3O2. The van der Waals surface area contributed by atoms with Crippen molar-refractivity contribution >= 4 is 11.6 Å². The zero-order chi connectivity index (χ0) is 15.7. The highest BCUT2D eigenvalue weighted by atomic mass is 16.4. The number of likely N-dealkylation sites (tertiary alicyclic amines) is 1. The topological polar surface area (TPSA) is 57.8 Å². The van der Waals surface area contributed by atoms with Crippen molar-refractivity contribution in [2.45, 2.75) is 39.2 Å². The fraction of sp³-hybridized carbons (Fsp3) is 0.529. The molecular weight excluding hydrogens is 278 g/mol. The van der Waals surface area contributed by atoms with E-state index in [9.17, 15) is 9.90 Å². The first kappa shape index (κ1) is 15.0. The number of rotatable bonds is 4. The second-order valence-electron chi connectivity index (χ2n) is 6.48. The van der Waals surface area contributed by atoms with Gasteiger partial charge in [-0.3, -0.25) is 4.40 Å². The maximum absolute atomic E-state index is 11.3. The number of carboxylic acid groups (broad SMARTS) is 1. The minimum atomic E-state index is -0.918. The summed E-state index contributed by atoms with van der Waals surface area (Å²) in [4.78, 5) is 18.4. The molecule has 118 valence electrons. The van der Waals surface area contributed by atoms with Gasteiger partial charge in [0.2, 0.25) is 0 Å². The molecule has 2 aromatic heterocycles. The maximum Gasteiger partial charge on any atom is 0.352 e. The monoisotopic (exact) mass is 301 g/mol. The zero-order valence-electron chi connectivity index (χ0n) is 13.2. The van der Waals surface area contributed by atoms with Crippen LogP contribution in [0, 0.1) is 5.92 Å². The molecule has 0 spiro atoms. The Balaban J connectivity index is 1.79. The Morgan fingerprint density at radius 1 is 1.45 bits per heavy atom. The van der Waals surface area contributed by atoms with E-state index < -0.39 is 5.97 Å². The van der Waals surface area contributed by atoms with E-state index in [0.29, 0.717) is 17.6 Å². The molecule has 3 heterocycles. The Hall–Kier alpha value is -1.88. The Bertz CT molecular complexity index is 678. The minimum absolute atomic E-state index is 0.267. The molecule has 5 heteroatoms. The largest absolute Gasteiger partial charge is 0.477 e. The van der Waals surface area contributed by atoms with E-state index in [1.165, 1.54) is 19.4 Å². The summed E-state index contributed by atoms with van der Waals surface area (Å²) in [5.41, 5.74) is 1.97. The summed E-state index contributed by atoms with van der Waals surface area (Å²) in [6.45, 7) is 6.78. The highest BCUT2D eigenvalue weighted by Gasteiger charge is 2.23. The van der Waals surface area contributed by atoms with Crippen LogP contribution in [-0.2, 0) is 6.42 Å². The Kier molecular flexibility index (Phi) is 4.16. The van der Waals surface area contributed by atoms with Gasteiger partial charge in [0.1, 0.15) is 11.3 Å². The first-order chi connectivity index (χ1) is 10.5. The second kappa shape index (κ2) is 6.08. The number of pyridine rings is 1. The van der Waals surface area contributed by atoms with Crippen molar-refractivity contribution in [1.82, 2.24) is 14.3 Å². The summed E-state index contributed by atoms with van der Waals surface area (Å²) in [6.07, 6.45) is 5.26. The van der Waals surface area contributed by atoms with Crippen molar-refractivity contribution in [3.8, 4) is 0 Å². The molecule has 3 rings (SSSR count). The third-order valence-corrected chi connectivity index (χ3v) is 4.54. The van der Waals surface area contributed by atoms with Crippen molar-refractivity contribution in [3.05, 3.63) is 35.8 Å². The molecule has 1 fully saturated rings. The number of aromatic carboxylic acids is 1. The standard InChI is InChI=1S/C17H23N3O2/c1-12(2)19-8-4-5-13(10-19)9-14-11-20-15(17(21)22)6-3-7-16(20)18-14/h3,6-7,11-13H,4-5,8-10H2,1-2H3,(H,21,22). The highest BCUT2D eigenvalue weighted by Crippen LogP contribution is 2.22. The van der Waals surface area contributed by atoms with E-state index in [2.05, 4.69) is 23.7 Å². The number of carboxylic acids is 1. The van der Waals surface area contributed by atoms with E-state index in [-0.39, 0.29) is 5.69 Å². The van der Waals surface area contributed by atoms with Crippen LogP contribution in [0.1, 0.15) is 42.9 Å². The molecule has 1 saturated heterocycles. The van der Waals surface area contributed by atoms with Crippen LogP contribution in [0.25, 0.3) is 5.65 Å². The molecule has 0 aliphatic carbocycles. The van der Waals surface area contributed by atoms with Gasteiger partial charge in [-0.05, 0) is 57.7 Å². The van der Waals surface area contributed by atoms with E-state index in [1.54, 1.807) is 16.5 Å². The number of nitrogens with zero attached hydrogens (tertiary/aromatic N) is 3. The van der Waals surface area contributed by atoms with Crippen molar-refractivity contribution in [2.75, 3.05) is 13.1 Å². The molecule has 2 aromatic rings. The quantitative estimate of drug-likeness (QED) is 0.943. The fourth-order valence-electron chi connectivity index (χ4n) is 3.36. The lowest BCUT2D eigenvalue weighted by Gasteiger charge is -2.35. The van der Waals surface area contributed by atoms with Gasteiger partial charge in [-0.2, -0.15) is 0 Å². The van der Waals surface area contributed by atoms with Crippen LogP contribution in [0.15, 0.2) is 24.4 Å². The number of hydrogen-bond donors (Lipinski definition) is 1. The molecule has 1 atom stereocenters. The Morgan fingerprint density at radius 3 is 3.00 bits per heavy atom. The Labute approximate surface area is 130 Å². The minimum Gasteiger partial charge on any atom is -0.477 e. The lowest BCUT2D eigenvalue weighted by atomic mass is 9.93. The molecule has 22 heavy (non-hydrogen) atoms. The number of piperidine rings is 1. The average Bonchev–Trinajstić information content (AvgIpc) is 2.89. The highest BCUT2D eigenvalue weighted by molar-refractivity contribution is 5.86. The number of hydrogen-bond acceptors (Lipinski definition) is 3. The summed E-state index contributed by atoms with van der Waals surface area (Å²) < 4.78 is 1.68. The van der Waals surface area contributed by atoms with Gasteiger partial charge in [-0.1, -0.05) is 6.07 Å². The Morgan fingerprint density at radius 2 is 2.27 bits per heavy atom. The first-order valence-electron chi connectivity index (χ1n) is 7.99. The van der Waals surface area contributed by atoms with Crippen molar-refractivity contribution < 1.29 is 9.90 Å². The van der Waals surface area contributed by atoms with E-state index in [0.717, 1.165) is 18.7 Å². The molecule has 0 aromatic carbocycles. The zero-order valence-corrected chi connectivity index (χ0v) is 13.2. The number of imidazole rings is 1. The predicted octanol–water partition coefficient (Wildman–Crippen LogP) is 2.70. The summed E-state index contributed by atoms with van der Waals surface area (Å²) >= 11 is 0. The van der Waals surface area contributed by atoms with Gasteiger partial charge >= 0.3 is 5.97 Å². The first-order valence-corrected chi connectivity index (χ1v) is 7.99. The van der Waals surface area contributed by atoms with Crippen molar-refractivity contribution in [2.24, 2.45) is 5.92 Å².